The van der Waals surface area contributed by atoms with Crippen molar-refractivity contribution < 1.29 is 14.5 Å². The van der Waals surface area contributed by atoms with Gasteiger partial charge in [0.05, 0.1) is 16.5 Å². The van der Waals surface area contributed by atoms with Gasteiger partial charge in [-0.15, -0.1) is 21.5 Å². The summed E-state index contributed by atoms with van der Waals surface area (Å²) < 4.78 is 12.0. The summed E-state index contributed by atoms with van der Waals surface area (Å²) in [4.78, 5) is 0.994. The number of halogens is 1. The van der Waals surface area contributed by atoms with Crippen molar-refractivity contribution in [3.05, 3.63) is 51.6 Å². The molecule has 7 heteroatoms. The van der Waals surface area contributed by atoms with E-state index in [1.807, 2.05) is 23.6 Å². The molecule has 3 rings (SSSR count). The minimum Gasteiger partial charge on any atom is -0.496 e. The molecule has 126 valence electrons. The summed E-state index contributed by atoms with van der Waals surface area (Å²) in [5.74, 6) is 2.05. The van der Waals surface area contributed by atoms with Crippen LogP contribution < -0.4 is 10.1 Å². The largest absolute Gasteiger partial charge is 0.496 e. The molecule has 2 heterocycles. The van der Waals surface area contributed by atoms with Crippen molar-refractivity contribution in [3.8, 4) is 16.5 Å². The fraction of sp³-hybridized carbons (Fsp3) is 0.294. The molecule has 0 saturated carbocycles. The predicted molar refractivity (Wildman–Crippen MR) is 97.1 cm³/mol. The fourth-order valence-electron chi connectivity index (χ4n) is 2.51. The first-order chi connectivity index (χ1) is 11.6. The summed E-state index contributed by atoms with van der Waals surface area (Å²) in [6.45, 7) is 4.22. The van der Waals surface area contributed by atoms with E-state index in [0.29, 0.717) is 11.8 Å². The van der Waals surface area contributed by atoms with E-state index in [0.717, 1.165) is 15.1 Å². The summed E-state index contributed by atoms with van der Waals surface area (Å²) >= 11 is 5.13. The second-order valence-electron chi connectivity index (χ2n) is 5.59. The Morgan fingerprint density at radius 1 is 1.21 bits per heavy atom. The van der Waals surface area contributed by atoms with Crippen LogP contribution in [0.5, 0.6) is 5.75 Å². The molecule has 5 nitrogen and oxygen atoms in total. The van der Waals surface area contributed by atoms with Gasteiger partial charge in [-0.2, -0.15) is 0 Å². The molecule has 0 fully saturated rings. The van der Waals surface area contributed by atoms with Crippen molar-refractivity contribution in [2.75, 3.05) is 7.11 Å². The minimum absolute atomic E-state index is 0.0714. The fourth-order valence-corrected chi connectivity index (χ4v) is 3.71. The summed E-state index contributed by atoms with van der Waals surface area (Å²) in [6.07, 6.45) is 0. The van der Waals surface area contributed by atoms with Gasteiger partial charge in [0.2, 0.25) is 0 Å². The highest BCUT2D eigenvalue weighted by molar-refractivity contribution is 9.10. The minimum atomic E-state index is 0.0714. The number of quaternary nitrogens is 1. The van der Waals surface area contributed by atoms with Gasteiger partial charge >= 0.3 is 0 Å². The second kappa shape index (κ2) is 7.46. The molecule has 24 heavy (non-hydrogen) atoms. The molecule has 0 aliphatic heterocycles. The molecule has 2 N–H and O–H groups in total. The molecule has 0 unspecified atom stereocenters. The van der Waals surface area contributed by atoms with Crippen LogP contribution in [0.3, 0.4) is 0 Å². The van der Waals surface area contributed by atoms with Gasteiger partial charge in [0.1, 0.15) is 11.8 Å². The van der Waals surface area contributed by atoms with Crippen molar-refractivity contribution in [1.29, 1.82) is 0 Å². The summed E-state index contributed by atoms with van der Waals surface area (Å²) in [5, 5.41) is 12.5. The Labute approximate surface area is 153 Å². The number of nitrogens with zero attached hydrogens (tertiary/aromatic N) is 2. The molecule has 0 bridgehead atoms. The van der Waals surface area contributed by atoms with E-state index in [2.05, 4.69) is 57.4 Å². The molecule has 0 spiro atoms. The van der Waals surface area contributed by atoms with E-state index in [9.17, 15) is 0 Å². The maximum Gasteiger partial charge on any atom is 0.274 e. The van der Waals surface area contributed by atoms with Crippen molar-refractivity contribution in [2.24, 2.45) is 0 Å². The van der Waals surface area contributed by atoms with E-state index in [-0.39, 0.29) is 12.1 Å². The molecule has 3 aromatic rings. The number of aromatic nitrogens is 2. The SMILES string of the molecule is COc1ccc([C@@H](C)[NH2+][C@@H](C)c2nnc(-c3cccs3)o2)cc1Br. The third kappa shape index (κ3) is 3.68. The Bertz CT molecular complexity index is 804. The third-order valence-corrected chi connectivity index (χ3v) is 5.32. The maximum atomic E-state index is 5.81. The maximum absolute atomic E-state index is 5.81. The standard InChI is InChI=1S/C17H18BrN3O2S/c1-10(12-6-7-14(22-3)13(18)9-12)19-11(2)16-20-21-17(23-16)15-5-4-8-24-15/h4-11,19H,1-3H3/p+1/t10-,11+/m1/s1. The molecular weight excluding hydrogens is 390 g/mol. The number of nitrogens with two attached hydrogens (primary N) is 1. The number of methoxy groups -OCH3 is 1. The topological polar surface area (TPSA) is 64.8 Å². The molecular formula is C17H19BrN3O2S+. The predicted octanol–water partition coefficient (Wildman–Crippen LogP) is 3.95. The lowest BCUT2D eigenvalue weighted by atomic mass is 10.1. The monoisotopic (exact) mass is 408 g/mol. The van der Waals surface area contributed by atoms with Gasteiger partial charge in [0.25, 0.3) is 11.8 Å². The molecule has 0 aliphatic carbocycles. The zero-order valence-electron chi connectivity index (χ0n) is 13.7. The first-order valence-corrected chi connectivity index (χ1v) is 9.31. The van der Waals surface area contributed by atoms with Gasteiger partial charge < -0.3 is 14.5 Å². The smallest absolute Gasteiger partial charge is 0.274 e. The average Bonchev–Trinajstić information content (AvgIpc) is 3.25. The van der Waals surface area contributed by atoms with Crippen LogP contribution in [-0.2, 0) is 0 Å². The number of rotatable bonds is 6. The molecule has 0 aliphatic rings. The molecule has 1 aromatic carbocycles. The van der Waals surface area contributed by atoms with Crippen LogP contribution in [-0.4, -0.2) is 17.3 Å². The summed E-state index contributed by atoms with van der Waals surface area (Å²) in [6, 6.07) is 10.4. The van der Waals surface area contributed by atoms with E-state index in [1.165, 1.54) is 5.56 Å². The highest BCUT2D eigenvalue weighted by Crippen LogP contribution is 2.28. The number of benzene rings is 1. The lowest BCUT2D eigenvalue weighted by Crippen LogP contribution is -2.85. The zero-order valence-corrected chi connectivity index (χ0v) is 16.1. The third-order valence-electron chi connectivity index (χ3n) is 3.84. The highest BCUT2D eigenvalue weighted by atomic mass is 79.9. The molecule has 0 radical (unpaired) electrons. The van der Waals surface area contributed by atoms with Crippen molar-refractivity contribution in [3.63, 3.8) is 0 Å². The van der Waals surface area contributed by atoms with Crippen LogP contribution in [0.2, 0.25) is 0 Å². The van der Waals surface area contributed by atoms with E-state index in [1.54, 1.807) is 18.4 Å². The van der Waals surface area contributed by atoms with E-state index >= 15 is 0 Å². The Hall–Kier alpha value is -1.70. The number of thiophene rings is 1. The molecule has 0 amide bonds. The van der Waals surface area contributed by atoms with Crippen LogP contribution in [0.25, 0.3) is 10.8 Å². The first kappa shape index (κ1) is 17.1. The van der Waals surface area contributed by atoms with E-state index in [4.69, 9.17) is 9.15 Å². The summed E-state index contributed by atoms with van der Waals surface area (Å²) in [5.41, 5.74) is 1.20. The Kier molecular flexibility index (Phi) is 5.33. The van der Waals surface area contributed by atoms with Crippen LogP contribution in [0.15, 0.2) is 44.6 Å². The van der Waals surface area contributed by atoms with Gasteiger partial charge in [0.15, 0.2) is 6.04 Å². The Balaban J connectivity index is 1.70. The van der Waals surface area contributed by atoms with Gasteiger partial charge in [0, 0.05) is 5.56 Å². The molecule has 2 aromatic heterocycles. The van der Waals surface area contributed by atoms with E-state index < -0.39 is 0 Å². The quantitative estimate of drug-likeness (QED) is 0.670. The van der Waals surface area contributed by atoms with Crippen molar-refractivity contribution in [1.82, 2.24) is 10.2 Å². The van der Waals surface area contributed by atoms with Crippen molar-refractivity contribution in [2.45, 2.75) is 25.9 Å². The Morgan fingerprint density at radius 2 is 2.04 bits per heavy atom. The highest BCUT2D eigenvalue weighted by Gasteiger charge is 2.21. The average molecular weight is 409 g/mol. The van der Waals surface area contributed by atoms with Gasteiger partial charge in [-0.1, -0.05) is 6.07 Å². The molecule has 0 saturated heterocycles. The first-order valence-electron chi connectivity index (χ1n) is 7.64. The number of ether oxygens (including phenoxy) is 1. The lowest BCUT2D eigenvalue weighted by Gasteiger charge is -2.15. The van der Waals surface area contributed by atoms with Crippen molar-refractivity contribution >= 4 is 27.3 Å². The van der Waals surface area contributed by atoms with Crippen LogP contribution in [0, 0.1) is 0 Å². The van der Waals surface area contributed by atoms with Gasteiger partial charge in [-0.25, -0.2) is 0 Å². The number of hydrogen-bond donors (Lipinski definition) is 1. The van der Waals surface area contributed by atoms with Gasteiger partial charge in [-0.3, -0.25) is 0 Å². The number of hydrogen-bond acceptors (Lipinski definition) is 5. The summed E-state index contributed by atoms with van der Waals surface area (Å²) in [7, 11) is 1.66. The van der Waals surface area contributed by atoms with Crippen LogP contribution in [0.1, 0.15) is 37.4 Å². The van der Waals surface area contributed by atoms with Gasteiger partial charge in [-0.05, 0) is 59.4 Å². The second-order valence-corrected chi connectivity index (χ2v) is 7.39. The van der Waals surface area contributed by atoms with Crippen LogP contribution in [0.4, 0.5) is 0 Å². The van der Waals surface area contributed by atoms with Crippen LogP contribution >= 0.6 is 27.3 Å². The zero-order chi connectivity index (χ0) is 17.1. The normalized spacial score (nSPS) is 13.7. The molecule has 2 atom stereocenters. The Morgan fingerprint density at radius 3 is 2.71 bits per heavy atom. The lowest BCUT2D eigenvalue weighted by molar-refractivity contribution is -0.730.